The highest BCUT2D eigenvalue weighted by Gasteiger charge is 2.12. The molecule has 1 rings (SSSR count). The van der Waals surface area contributed by atoms with Crippen LogP contribution >= 0.6 is 15.9 Å². The smallest absolute Gasteiger partial charge is 0.0950 e. The molecular formula is C16H26BrNO2. The highest BCUT2D eigenvalue weighted by molar-refractivity contribution is 9.10. The fourth-order valence-electron chi connectivity index (χ4n) is 1.77. The number of nitrogens with one attached hydrogen (secondary N) is 1. The van der Waals surface area contributed by atoms with Gasteiger partial charge in [-0.1, -0.05) is 41.9 Å². The van der Waals surface area contributed by atoms with E-state index >= 15 is 0 Å². The number of benzene rings is 1. The van der Waals surface area contributed by atoms with E-state index in [1.54, 1.807) is 0 Å². The summed E-state index contributed by atoms with van der Waals surface area (Å²) >= 11 is 3.46. The van der Waals surface area contributed by atoms with Crippen LogP contribution in [0.15, 0.2) is 28.7 Å². The van der Waals surface area contributed by atoms with E-state index in [-0.39, 0.29) is 12.2 Å². The van der Waals surface area contributed by atoms with Crippen molar-refractivity contribution in [3.63, 3.8) is 0 Å². The van der Waals surface area contributed by atoms with Crippen LogP contribution in [0.5, 0.6) is 0 Å². The Kier molecular flexibility index (Phi) is 8.38. The first-order valence-corrected chi connectivity index (χ1v) is 8.00. The lowest BCUT2D eigenvalue weighted by Gasteiger charge is -2.21. The number of ether oxygens (including phenoxy) is 2. The molecule has 1 aromatic carbocycles. The third-order valence-corrected chi connectivity index (χ3v) is 3.34. The first-order valence-electron chi connectivity index (χ1n) is 7.21. The second-order valence-corrected chi connectivity index (χ2v) is 6.31. The summed E-state index contributed by atoms with van der Waals surface area (Å²) in [4.78, 5) is 0. The van der Waals surface area contributed by atoms with E-state index in [9.17, 15) is 0 Å². The summed E-state index contributed by atoms with van der Waals surface area (Å²) in [6.45, 7) is 10.4. The van der Waals surface area contributed by atoms with E-state index < -0.39 is 0 Å². The minimum absolute atomic E-state index is 0.0567. The Morgan fingerprint density at radius 3 is 2.15 bits per heavy atom. The summed E-state index contributed by atoms with van der Waals surface area (Å²) in [5.41, 5.74) is 1.19. The number of hydrogen-bond donors (Lipinski definition) is 1. The third-order valence-electron chi connectivity index (χ3n) is 2.81. The highest BCUT2D eigenvalue weighted by atomic mass is 79.9. The van der Waals surface area contributed by atoms with Gasteiger partial charge in [-0.2, -0.15) is 0 Å². The highest BCUT2D eigenvalue weighted by Crippen LogP contribution is 2.19. The number of hydrogen-bond acceptors (Lipinski definition) is 3. The fraction of sp³-hybridized carbons (Fsp3) is 0.625. The van der Waals surface area contributed by atoms with E-state index in [4.69, 9.17) is 9.47 Å². The fourth-order valence-corrected chi connectivity index (χ4v) is 2.03. The normalized spacial score (nSPS) is 13.2. The molecule has 0 fully saturated rings. The molecule has 0 heterocycles. The van der Waals surface area contributed by atoms with Crippen molar-refractivity contribution in [1.82, 2.24) is 5.32 Å². The molecule has 0 spiro atoms. The van der Waals surface area contributed by atoms with Crippen molar-refractivity contribution in [1.29, 1.82) is 0 Å². The van der Waals surface area contributed by atoms with Gasteiger partial charge in [0.05, 0.1) is 25.4 Å². The van der Waals surface area contributed by atoms with Crippen LogP contribution < -0.4 is 5.32 Å². The van der Waals surface area contributed by atoms with E-state index in [0.717, 1.165) is 11.0 Å². The topological polar surface area (TPSA) is 30.5 Å². The monoisotopic (exact) mass is 343 g/mol. The molecule has 0 aliphatic rings. The van der Waals surface area contributed by atoms with Crippen molar-refractivity contribution in [3.8, 4) is 0 Å². The van der Waals surface area contributed by atoms with Crippen LogP contribution in [0.1, 0.15) is 39.4 Å². The van der Waals surface area contributed by atoms with Gasteiger partial charge in [0, 0.05) is 17.1 Å². The van der Waals surface area contributed by atoms with Gasteiger partial charge in [-0.25, -0.2) is 0 Å². The molecule has 1 atom stereocenters. The molecule has 0 aliphatic heterocycles. The van der Waals surface area contributed by atoms with Crippen LogP contribution in [0.25, 0.3) is 0 Å². The molecule has 0 saturated heterocycles. The van der Waals surface area contributed by atoms with Gasteiger partial charge in [-0.15, -0.1) is 0 Å². The summed E-state index contributed by atoms with van der Waals surface area (Å²) in [7, 11) is 0. The van der Waals surface area contributed by atoms with Crippen molar-refractivity contribution < 1.29 is 9.47 Å². The maximum Gasteiger partial charge on any atom is 0.0950 e. The third kappa shape index (κ3) is 7.39. The average Bonchev–Trinajstić information content (AvgIpc) is 2.38. The average molecular weight is 344 g/mol. The van der Waals surface area contributed by atoms with E-state index in [1.807, 2.05) is 26.0 Å². The van der Waals surface area contributed by atoms with Gasteiger partial charge in [0.15, 0.2) is 0 Å². The van der Waals surface area contributed by atoms with Gasteiger partial charge in [0.25, 0.3) is 0 Å². The largest absolute Gasteiger partial charge is 0.376 e. The van der Waals surface area contributed by atoms with E-state index in [2.05, 4.69) is 47.2 Å². The summed E-state index contributed by atoms with van der Waals surface area (Å²) in [6, 6.07) is 8.74. The van der Waals surface area contributed by atoms with Crippen LogP contribution in [-0.2, 0) is 9.47 Å². The van der Waals surface area contributed by atoms with E-state index in [0.29, 0.717) is 19.3 Å². The molecule has 20 heavy (non-hydrogen) atoms. The summed E-state index contributed by atoms with van der Waals surface area (Å²) in [5.74, 6) is 0. The molecule has 1 aromatic rings. The Bertz CT molecular complexity index is 365. The molecule has 0 saturated carbocycles. The Hall–Kier alpha value is -0.420. The Morgan fingerprint density at radius 1 is 1.00 bits per heavy atom. The lowest BCUT2D eigenvalue weighted by Crippen LogP contribution is -2.29. The lowest BCUT2D eigenvalue weighted by molar-refractivity contribution is -0.0135. The van der Waals surface area contributed by atoms with Crippen LogP contribution in [0.4, 0.5) is 0 Å². The molecule has 3 nitrogen and oxygen atoms in total. The second kappa shape index (κ2) is 9.50. The molecule has 1 N–H and O–H groups in total. The van der Waals surface area contributed by atoms with Crippen molar-refractivity contribution >= 4 is 15.9 Å². The predicted molar refractivity (Wildman–Crippen MR) is 87.1 cm³/mol. The first kappa shape index (κ1) is 17.6. The van der Waals surface area contributed by atoms with Crippen LogP contribution in [0.3, 0.4) is 0 Å². The minimum atomic E-state index is 0.0567. The standard InChI is InChI=1S/C16H26BrNO2/c1-12(2)18-11-16(20-10-9-19-13(3)4)14-5-7-15(17)8-6-14/h5-8,12-13,16,18H,9-11H2,1-4H3. The van der Waals surface area contributed by atoms with E-state index in [1.165, 1.54) is 5.56 Å². The molecule has 114 valence electrons. The molecule has 0 aliphatic carbocycles. The zero-order valence-corrected chi connectivity index (χ0v) is 14.4. The zero-order chi connectivity index (χ0) is 15.0. The molecule has 0 aromatic heterocycles. The number of rotatable bonds is 9. The summed E-state index contributed by atoms with van der Waals surface area (Å²) in [5, 5.41) is 3.43. The second-order valence-electron chi connectivity index (χ2n) is 5.39. The SMILES string of the molecule is CC(C)NCC(OCCOC(C)C)c1ccc(Br)cc1. The minimum Gasteiger partial charge on any atom is -0.376 e. The van der Waals surface area contributed by atoms with Gasteiger partial charge in [-0.3, -0.25) is 0 Å². The van der Waals surface area contributed by atoms with Gasteiger partial charge in [0.2, 0.25) is 0 Å². The van der Waals surface area contributed by atoms with Crippen LogP contribution in [0.2, 0.25) is 0 Å². The van der Waals surface area contributed by atoms with Gasteiger partial charge in [-0.05, 0) is 31.5 Å². The van der Waals surface area contributed by atoms with Crippen molar-refractivity contribution in [3.05, 3.63) is 34.3 Å². The Labute approximate surface area is 131 Å². The zero-order valence-electron chi connectivity index (χ0n) is 12.9. The molecule has 1 unspecified atom stereocenters. The van der Waals surface area contributed by atoms with Crippen molar-refractivity contribution in [2.75, 3.05) is 19.8 Å². The lowest BCUT2D eigenvalue weighted by atomic mass is 10.1. The molecule has 0 amide bonds. The predicted octanol–water partition coefficient (Wildman–Crippen LogP) is 3.93. The summed E-state index contributed by atoms with van der Waals surface area (Å²) in [6.07, 6.45) is 0.305. The van der Waals surface area contributed by atoms with Gasteiger partial charge in [0.1, 0.15) is 0 Å². The van der Waals surface area contributed by atoms with Gasteiger partial charge < -0.3 is 14.8 Å². The quantitative estimate of drug-likeness (QED) is 0.689. The van der Waals surface area contributed by atoms with Crippen LogP contribution in [-0.4, -0.2) is 31.9 Å². The molecular weight excluding hydrogens is 318 g/mol. The number of halogens is 1. The Morgan fingerprint density at radius 2 is 1.60 bits per heavy atom. The maximum atomic E-state index is 5.97. The molecule has 0 radical (unpaired) electrons. The summed E-state index contributed by atoms with van der Waals surface area (Å²) < 4.78 is 12.6. The molecule has 0 bridgehead atoms. The maximum absolute atomic E-state index is 5.97. The Balaban J connectivity index is 2.53. The molecule has 4 heteroatoms. The first-order chi connectivity index (χ1) is 9.49. The van der Waals surface area contributed by atoms with Crippen LogP contribution in [0, 0.1) is 0 Å². The van der Waals surface area contributed by atoms with Gasteiger partial charge >= 0.3 is 0 Å². The van der Waals surface area contributed by atoms with Crippen molar-refractivity contribution in [2.45, 2.75) is 45.9 Å². The van der Waals surface area contributed by atoms with Crippen molar-refractivity contribution in [2.24, 2.45) is 0 Å².